The number of ether oxygens (including phenoxy) is 1. The molecule has 1 amide bonds. The van der Waals surface area contributed by atoms with E-state index in [9.17, 15) is 4.79 Å². The van der Waals surface area contributed by atoms with E-state index in [0.29, 0.717) is 12.2 Å². The zero-order valence-electron chi connectivity index (χ0n) is 14.5. The number of carbonyl (C=O) groups excluding carboxylic acids is 1. The Morgan fingerprint density at radius 1 is 1.00 bits per heavy atom. The molecule has 1 unspecified atom stereocenters. The van der Waals surface area contributed by atoms with Crippen molar-refractivity contribution in [1.29, 1.82) is 0 Å². The van der Waals surface area contributed by atoms with Crippen molar-refractivity contribution in [2.45, 2.75) is 6.04 Å². The number of benzene rings is 2. The minimum absolute atomic E-state index is 0.128. The predicted molar refractivity (Wildman–Crippen MR) is 103 cm³/mol. The molecule has 1 aliphatic heterocycles. The van der Waals surface area contributed by atoms with E-state index in [4.69, 9.17) is 4.74 Å². The number of imidazole rings is 1. The highest BCUT2D eigenvalue weighted by Gasteiger charge is 2.25. The number of para-hydroxylation sites is 1. The molecule has 3 heterocycles. The molecule has 0 radical (unpaired) electrons. The van der Waals surface area contributed by atoms with Gasteiger partial charge in [-0.25, -0.2) is 4.98 Å². The van der Waals surface area contributed by atoms with Crippen LogP contribution in [0.1, 0.15) is 22.0 Å². The van der Waals surface area contributed by atoms with Gasteiger partial charge in [0.15, 0.2) is 0 Å². The standard InChI is InChI=1S/C22H17N3O2/c26-22(24-19-14-27-20-9-5-4-8-17(19)20)16-10-11-21-23-18(13-25(21)12-16)15-6-2-1-3-7-15/h1-13,19H,14H2,(H,24,26). The molecule has 1 N–H and O–H groups in total. The molecular weight excluding hydrogens is 338 g/mol. The second-order valence-corrected chi connectivity index (χ2v) is 6.55. The van der Waals surface area contributed by atoms with Crippen LogP contribution in [0.5, 0.6) is 5.75 Å². The van der Waals surface area contributed by atoms with E-state index in [1.54, 1.807) is 6.07 Å². The van der Waals surface area contributed by atoms with E-state index in [0.717, 1.165) is 28.2 Å². The summed E-state index contributed by atoms with van der Waals surface area (Å²) in [6, 6.07) is 21.3. The molecular formula is C22H17N3O2. The first-order valence-electron chi connectivity index (χ1n) is 8.85. The Bertz CT molecular complexity index is 1130. The van der Waals surface area contributed by atoms with Crippen molar-refractivity contribution in [3.8, 4) is 17.0 Å². The van der Waals surface area contributed by atoms with Gasteiger partial charge in [-0.1, -0.05) is 48.5 Å². The summed E-state index contributed by atoms with van der Waals surface area (Å²) in [4.78, 5) is 17.4. The Morgan fingerprint density at radius 3 is 2.70 bits per heavy atom. The van der Waals surface area contributed by atoms with Crippen LogP contribution >= 0.6 is 0 Å². The van der Waals surface area contributed by atoms with E-state index >= 15 is 0 Å². The fourth-order valence-corrected chi connectivity index (χ4v) is 3.40. The summed E-state index contributed by atoms with van der Waals surface area (Å²) in [6.45, 7) is 0.455. The van der Waals surface area contributed by atoms with Gasteiger partial charge in [0, 0.05) is 23.5 Å². The van der Waals surface area contributed by atoms with Gasteiger partial charge in [0.25, 0.3) is 5.91 Å². The lowest BCUT2D eigenvalue weighted by Gasteiger charge is -2.11. The highest BCUT2D eigenvalue weighted by molar-refractivity contribution is 5.94. The van der Waals surface area contributed by atoms with Crippen LogP contribution in [0.2, 0.25) is 0 Å². The van der Waals surface area contributed by atoms with Gasteiger partial charge in [-0.05, 0) is 18.2 Å². The summed E-state index contributed by atoms with van der Waals surface area (Å²) in [7, 11) is 0. The topological polar surface area (TPSA) is 55.6 Å². The van der Waals surface area contributed by atoms with Crippen molar-refractivity contribution < 1.29 is 9.53 Å². The van der Waals surface area contributed by atoms with Crippen LogP contribution < -0.4 is 10.1 Å². The summed E-state index contributed by atoms with van der Waals surface area (Å²) < 4.78 is 7.53. The Labute approximate surface area is 156 Å². The number of carbonyl (C=O) groups is 1. The van der Waals surface area contributed by atoms with Crippen LogP contribution in [-0.4, -0.2) is 21.9 Å². The van der Waals surface area contributed by atoms with Gasteiger partial charge < -0.3 is 14.5 Å². The first kappa shape index (κ1) is 15.6. The molecule has 1 atom stereocenters. The molecule has 0 saturated carbocycles. The zero-order chi connectivity index (χ0) is 18.2. The molecule has 5 nitrogen and oxygen atoms in total. The summed E-state index contributed by atoms with van der Waals surface area (Å²) in [5, 5.41) is 3.06. The van der Waals surface area contributed by atoms with E-state index in [1.807, 2.05) is 77.5 Å². The largest absolute Gasteiger partial charge is 0.491 e. The fourth-order valence-electron chi connectivity index (χ4n) is 3.40. The summed E-state index contributed by atoms with van der Waals surface area (Å²) >= 11 is 0. The Kier molecular flexibility index (Phi) is 3.64. The number of aromatic nitrogens is 2. The maximum absolute atomic E-state index is 12.7. The Balaban J connectivity index is 1.41. The number of fused-ring (bicyclic) bond motifs is 2. The second kappa shape index (κ2) is 6.29. The van der Waals surface area contributed by atoms with Gasteiger partial charge in [-0.15, -0.1) is 0 Å². The number of amides is 1. The van der Waals surface area contributed by atoms with E-state index in [-0.39, 0.29) is 11.9 Å². The van der Waals surface area contributed by atoms with Crippen molar-refractivity contribution in [3.63, 3.8) is 0 Å². The van der Waals surface area contributed by atoms with Crippen LogP contribution in [0.4, 0.5) is 0 Å². The third-order valence-corrected chi connectivity index (χ3v) is 4.79. The SMILES string of the molecule is O=C(NC1COc2ccccc21)c1ccc2nc(-c3ccccc3)cn2c1. The maximum atomic E-state index is 12.7. The first-order chi connectivity index (χ1) is 13.3. The number of pyridine rings is 1. The Morgan fingerprint density at radius 2 is 1.81 bits per heavy atom. The molecule has 2 aromatic heterocycles. The molecule has 1 aliphatic rings. The summed E-state index contributed by atoms with van der Waals surface area (Å²) in [5.74, 6) is 0.706. The van der Waals surface area contributed by atoms with E-state index in [2.05, 4.69) is 10.3 Å². The average Bonchev–Trinajstić information content (AvgIpc) is 3.32. The van der Waals surface area contributed by atoms with E-state index in [1.165, 1.54) is 0 Å². The first-order valence-corrected chi connectivity index (χ1v) is 8.85. The normalized spacial score (nSPS) is 15.3. The van der Waals surface area contributed by atoms with Crippen LogP contribution in [0.15, 0.2) is 79.1 Å². The average molecular weight is 355 g/mol. The van der Waals surface area contributed by atoms with Gasteiger partial charge in [0.05, 0.1) is 17.3 Å². The number of nitrogens with zero attached hydrogens (tertiary/aromatic N) is 2. The quantitative estimate of drug-likeness (QED) is 0.607. The van der Waals surface area contributed by atoms with Crippen molar-refractivity contribution in [2.75, 3.05) is 6.61 Å². The molecule has 4 aromatic rings. The van der Waals surface area contributed by atoms with Gasteiger partial charge in [0.2, 0.25) is 0 Å². The van der Waals surface area contributed by atoms with Crippen LogP contribution in [-0.2, 0) is 0 Å². The molecule has 0 saturated heterocycles. The number of hydrogen-bond acceptors (Lipinski definition) is 3. The maximum Gasteiger partial charge on any atom is 0.253 e. The van der Waals surface area contributed by atoms with Crippen molar-refractivity contribution >= 4 is 11.6 Å². The monoisotopic (exact) mass is 355 g/mol. The van der Waals surface area contributed by atoms with Crippen molar-refractivity contribution in [3.05, 3.63) is 90.3 Å². The predicted octanol–water partition coefficient (Wildman–Crippen LogP) is 3.86. The lowest BCUT2D eigenvalue weighted by Crippen LogP contribution is -2.29. The molecule has 27 heavy (non-hydrogen) atoms. The third kappa shape index (κ3) is 2.83. The molecule has 0 aliphatic carbocycles. The molecule has 5 heteroatoms. The van der Waals surface area contributed by atoms with Gasteiger partial charge in [-0.2, -0.15) is 0 Å². The molecule has 0 spiro atoms. The van der Waals surface area contributed by atoms with Crippen molar-refractivity contribution in [2.24, 2.45) is 0 Å². The molecule has 5 rings (SSSR count). The molecule has 0 bridgehead atoms. The Hall–Kier alpha value is -3.60. The molecule has 132 valence electrons. The zero-order valence-corrected chi connectivity index (χ0v) is 14.5. The second-order valence-electron chi connectivity index (χ2n) is 6.55. The van der Waals surface area contributed by atoms with Gasteiger partial charge >= 0.3 is 0 Å². The minimum atomic E-state index is -0.132. The highest BCUT2D eigenvalue weighted by Crippen LogP contribution is 2.31. The van der Waals surface area contributed by atoms with Gasteiger partial charge in [-0.3, -0.25) is 4.79 Å². The smallest absolute Gasteiger partial charge is 0.253 e. The van der Waals surface area contributed by atoms with Crippen LogP contribution in [0.25, 0.3) is 16.9 Å². The lowest BCUT2D eigenvalue weighted by molar-refractivity contribution is 0.0930. The minimum Gasteiger partial charge on any atom is -0.491 e. The highest BCUT2D eigenvalue weighted by atomic mass is 16.5. The molecule has 0 fully saturated rings. The van der Waals surface area contributed by atoms with Crippen molar-refractivity contribution in [1.82, 2.24) is 14.7 Å². The molecule has 2 aromatic carbocycles. The summed E-state index contributed by atoms with van der Waals surface area (Å²) in [5.41, 5.74) is 4.34. The fraction of sp³-hybridized carbons (Fsp3) is 0.0909. The lowest BCUT2D eigenvalue weighted by atomic mass is 10.1. The van der Waals surface area contributed by atoms with E-state index < -0.39 is 0 Å². The third-order valence-electron chi connectivity index (χ3n) is 4.79. The van der Waals surface area contributed by atoms with Crippen LogP contribution in [0.3, 0.4) is 0 Å². The van der Waals surface area contributed by atoms with Gasteiger partial charge in [0.1, 0.15) is 18.0 Å². The number of rotatable bonds is 3. The van der Waals surface area contributed by atoms with Crippen LogP contribution in [0, 0.1) is 0 Å². The summed E-state index contributed by atoms with van der Waals surface area (Å²) in [6.07, 6.45) is 3.75. The number of nitrogens with one attached hydrogen (secondary N) is 1. The number of hydrogen-bond donors (Lipinski definition) is 1.